The molecule has 9 heteroatoms. The summed E-state index contributed by atoms with van der Waals surface area (Å²) >= 11 is 1.37. The summed E-state index contributed by atoms with van der Waals surface area (Å²) in [4.78, 5) is 19.7. The number of nitrogens with zero attached hydrogens (tertiary/aromatic N) is 2. The first-order chi connectivity index (χ1) is 15.8. The lowest BCUT2D eigenvalue weighted by Crippen LogP contribution is -2.32. The molecule has 2 heterocycles. The van der Waals surface area contributed by atoms with Crippen molar-refractivity contribution in [3.63, 3.8) is 0 Å². The number of hydrogen-bond acceptors (Lipinski definition) is 6. The number of thiazole rings is 1. The van der Waals surface area contributed by atoms with Gasteiger partial charge in [-0.15, -0.1) is 11.3 Å². The monoisotopic (exact) mass is 484 g/mol. The van der Waals surface area contributed by atoms with E-state index in [4.69, 9.17) is 0 Å². The third kappa shape index (κ3) is 6.19. The SMILES string of the molecule is Cc1ccc(NS(=O)(=O)c2cccc(C(=O)Nc3nc(CN4CCC(C)CC4)cs3)c2)cc1. The van der Waals surface area contributed by atoms with Gasteiger partial charge in [-0.25, -0.2) is 13.4 Å². The average molecular weight is 485 g/mol. The minimum Gasteiger partial charge on any atom is -0.298 e. The number of carbonyl (C=O) groups is 1. The standard InChI is InChI=1S/C24H28N4O3S2/c1-17-6-8-20(9-7-17)27-33(30,31)22-5-3-4-19(14-22)23(29)26-24-25-21(16-32-24)15-28-12-10-18(2)11-13-28/h3-9,14,16,18,27H,10-13,15H2,1-2H3,(H,25,26,29). The molecule has 4 rings (SSSR count). The number of benzene rings is 2. The Morgan fingerprint density at radius 2 is 1.88 bits per heavy atom. The molecule has 1 saturated heterocycles. The molecule has 0 aliphatic carbocycles. The largest absolute Gasteiger partial charge is 0.298 e. The number of carbonyl (C=O) groups excluding carboxylic acids is 1. The Bertz CT molecular complexity index is 1210. The fourth-order valence-corrected chi connectivity index (χ4v) is 5.50. The number of nitrogens with one attached hydrogen (secondary N) is 2. The van der Waals surface area contributed by atoms with Crippen LogP contribution in [0.4, 0.5) is 10.8 Å². The highest BCUT2D eigenvalue weighted by Gasteiger charge is 2.19. The summed E-state index contributed by atoms with van der Waals surface area (Å²) in [6.45, 7) is 7.13. The van der Waals surface area contributed by atoms with Gasteiger partial charge in [0.15, 0.2) is 5.13 Å². The van der Waals surface area contributed by atoms with Gasteiger partial charge in [-0.05, 0) is 69.1 Å². The number of amides is 1. The number of aromatic nitrogens is 1. The maximum absolute atomic E-state index is 12.8. The summed E-state index contributed by atoms with van der Waals surface area (Å²) in [6.07, 6.45) is 2.40. The van der Waals surface area contributed by atoms with Gasteiger partial charge in [0.25, 0.3) is 15.9 Å². The summed E-state index contributed by atoms with van der Waals surface area (Å²) in [7, 11) is -3.82. The van der Waals surface area contributed by atoms with E-state index in [0.29, 0.717) is 10.8 Å². The molecule has 2 aromatic carbocycles. The van der Waals surface area contributed by atoms with Crippen LogP contribution < -0.4 is 10.0 Å². The van der Waals surface area contributed by atoms with E-state index in [0.717, 1.165) is 36.8 Å². The highest BCUT2D eigenvalue weighted by Crippen LogP contribution is 2.22. The molecule has 2 N–H and O–H groups in total. The van der Waals surface area contributed by atoms with Crippen molar-refractivity contribution in [2.24, 2.45) is 5.92 Å². The second kappa shape index (κ2) is 10.0. The Kier molecular flexibility index (Phi) is 7.11. The van der Waals surface area contributed by atoms with Crippen LogP contribution in [0.1, 0.15) is 41.4 Å². The second-order valence-corrected chi connectivity index (χ2v) is 11.1. The lowest BCUT2D eigenvalue weighted by atomic mass is 9.99. The molecule has 7 nitrogen and oxygen atoms in total. The van der Waals surface area contributed by atoms with Crippen LogP contribution in [0.15, 0.2) is 58.8 Å². The molecular weight excluding hydrogens is 456 g/mol. The van der Waals surface area contributed by atoms with Gasteiger partial charge in [0.2, 0.25) is 0 Å². The molecule has 0 saturated carbocycles. The molecule has 33 heavy (non-hydrogen) atoms. The first kappa shape index (κ1) is 23.4. The molecule has 0 atom stereocenters. The number of likely N-dealkylation sites (tertiary alicyclic amines) is 1. The van der Waals surface area contributed by atoms with Crippen molar-refractivity contribution in [1.82, 2.24) is 9.88 Å². The first-order valence-corrected chi connectivity index (χ1v) is 13.3. The van der Waals surface area contributed by atoms with E-state index < -0.39 is 15.9 Å². The fraction of sp³-hybridized carbons (Fsp3) is 0.333. The molecule has 1 amide bonds. The zero-order chi connectivity index (χ0) is 23.4. The summed E-state index contributed by atoms with van der Waals surface area (Å²) in [5.41, 5.74) is 2.69. The van der Waals surface area contributed by atoms with Gasteiger partial charge in [-0.3, -0.25) is 19.7 Å². The molecule has 0 radical (unpaired) electrons. The van der Waals surface area contributed by atoms with Crippen LogP contribution in [0.2, 0.25) is 0 Å². The maximum atomic E-state index is 12.8. The van der Waals surface area contributed by atoms with Crippen molar-refractivity contribution >= 4 is 38.1 Å². The predicted octanol–water partition coefficient (Wildman–Crippen LogP) is 4.74. The molecule has 174 valence electrons. The van der Waals surface area contributed by atoms with Crippen molar-refractivity contribution in [3.8, 4) is 0 Å². The topological polar surface area (TPSA) is 91.4 Å². The first-order valence-electron chi connectivity index (χ1n) is 11.0. The molecule has 1 aliphatic heterocycles. The minimum atomic E-state index is -3.82. The quantitative estimate of drug-likeness (QED) is 0.506. The van der Waals surface area contributed by atoms with Gasteiger partial charge < -0.3 is 0 Å². The van der Waals surface area contributed by atoms with Crippen LogP contribution in [0.3, 0.4) is 0 Å². The number of sulfonamides is 1. The van der Waals surface area contributed by atoms with Crippen molar-refractivity contribution < 1.29 is 13.2 Å². The van der Waals surface area contributed by atoms with Gasteiger partial charge >= 0.3 is 0 Å². The van der Waals surface area contributed by atoms with Crippen molar-refractivity contribution in [2.75, 3.05) is 23.1 Å². The number of rotatable bonds is 7. The number of anilines is 2. The maximum Gasteiger partial charge on any atom is 0.261 e. The van der Waals surface area contributed by atoms with Crippen molar-refractivity contribution in [1.29, 1.82) is 0 Å². The highest BCUT2D eigenvalue weighted by atomic mass is 32.2. The lowest BCUT2D eigenvalue weighted by Gasteiger charge is -2.29. The molecular formula is C24H28N4O3S2. The summed E-state index contributed by atoms with van der Waals surface area (Å²) in [6, 6.07) is 13.0. The Hall–Kier alpha value is -2.75. The van der Waals surface area contributed by atoms with E-state index in [1.54, 1.807) is 24.3 Å². The highest BCUT2D eigenvalue weighted by molar-refractivity contribution is 7.92. The predicted molar refractivity (Wildman–Crippen MR) is 132 cm³/mol. The van der Waals surface area contributed by atoms with E-state index in [-0.39, 0.29) is 10.5 Å². The lowest BCUT2D eigenvalue weighted by molar-refractivity contribution is 0.102. The van der Waals surface area contributed by atoms with Crippen LogP contribution in [0.5, 0.6) is 0 Å². The zero-order valence-electron chi connectivity index (χ0n) is 18.7. The van der Waals surface area contributed by atoms with Gasteiger partial charge in [-0.1, -0.05) is 30.7 Å². The van der Waals surface area contributed by atoms with E-state index in [1.807, 2.05) is 24.4 Å². The third-order valence-corrected chi connectivity index (χ3v) is 7.93. The molecule has 3 aromatic rings. The zero-order valence-corrected chi connectivity index (χ0v) is 20.4. The number of piperidine rings is 1. The van der Waals surface area contributed by atoms with Gasteiger partial charge in [0.1, 0.15) is 0 Å². The molecule has 0 bridgehead atoms. The number of hydrogen-bond donors (Lipinski definition) is 2. The molecule has 0 unspecified atom stereocenters. The van der Waals surface area contributed by atoms with Gasteiger partial charge in [0, 0.05) is 23.2 Å². The van der Waals surface area contributed by atoms with Crippen LogP contribution in [-0.2, 0) is 16.6 Å². The third-order valence-electron chi connectivity index (χ3n) is 5.74. The molecule has 1 aliphatic rings. The minimum absolute atomic E-state index is 0.0230. The Morgan fingerprint density at radius 3 is 2.61 bits per heavy atom. The summed E-state index contributed by atoms with van der Waals surface area (Å²) in [5.74, 6) is 0.383. The van der Waals surface area contributed by atoms with Crippen molar-refractivity contribution in [2.45, 2.75) is 38.1 Å². The molecule has 1 fully saturated rings. The molecule has 1 aromatic heterocycles. The van der Waals surface area contributed by atoms with Crippen molar-refractivity contribution in [3.05, 3.63) is 70.7 Å². The fourth-order valence-electron chi connectivity index (χ4n) is 3.70. The van der Waals surface area contributed by atoms with E-state index in [1.165, 1.54) is 36.3 Å². The second-order valence-electron chi connectivity index (χ2n) is 8.56. The summed E-state index contributed by atoms with van der Waals surface area (Å²) < 4.78 is 28.1. The number of aryl methyl sites for hydroxylation is 1. The van der Waals surface area contributed by atoms with Crippen LogP contribution in [0.25, 0.3) is 0 Å². The van der Waals surface area contributed by atoms with Gasteiger partial charge in [0.05, 0.1) is 10.6 Å². The van der Waals surface area contributed by atoms with Crippen LogP contribution in [-0.4, -0.2) is 37.3 Å². The Morgan fingerprint density at radius 1 is 1.15 bits per heavy atom. The molecule has 0 spiro atoms. The average Bonchev–Trinajstić information content (AvgIpc) is 3.23. The van der Waals surface area contributed by atoms with Crippen LogP contribution in [0, 0.1) is 12.8 Å². The Balaban J connectivity index is 1.40. The van der Waals surface area contributed by atoms with Gasteiger partial charge in [-0.2, -0.15) is 0 Å². The van der Waals surface area contributed by atoms with E-state index >= 15 is 0 Å². The summed E-state index contributed by atoms with van der Waals surface area (Å²) in [5, 5.41) is 5.26. The van der Waals surface area contributed by atoms with E-state index in [2.05, 4.69) is 26.8 Å². The van der Waals surface area contributed by atoms with Crippen LogP contribution >= 0.6 is 11.3 Å². The van der Waals surface area contributed by atoms with E-state index in [9.17, 15) is 13.2 Å². The Labute approximate surface area is 198 Å². The smallest absolute Gasteiger partial charge is 0.261 e. The normalized spacial score (nSPS) is 15.3.